The average molecular weight is 218 g/mol. The smallest absolute Gasteiger partial charge is 0.253 e. The summed E-state index contributed by atoms with van der Waals surface area (Å²) in [7, 11) is 5.72. The molecule has 0 heterocycles. The van der Waals surface area contributed by atoms with E-state index in [9.17, 15) is 4.79 Å². The highest BCUT2D eigenvalue weighted by Crippen LogP contribution is 2.19. The largest absolute Gasteiger partial charge is 0.378 e. The Hall–Kier alpha value is -1.77. The number of hydrogen-bond donors (Lipinski definition) is 0. The molecule has 1 amide bonds. The fourth-order valence-corrected chi connectivity index (χ4v) is 1.38. The number of hydrogen-bond acceptors (Lipinski definition) is 2. The summed E-state index contributed by atoms with van der Waals surface area (Å²) in [6, 6.07) is 7.82. The third kappa shape index (κ3) is 2.63. The van der Waals surface area contributed by atoms with Crippen LogP contribution in [0.1, 0.15) is 6.92 Å². The van der Waals surface area contributed by atoms with E-state index in [2.05, 4.69) is 6.58 Å². The summed E-state index contributed by atoms with van der Waals surface area (Å²) in [6.07, 6.45) is 0. The zero-order valence-corrected chi connectivity index (χ0v) is 10.3. The van der Waals surface area contributed by atoms with E-state index in [0.717, 1.165) is 11.4 Å². The van der Waals surface area contributed by atoms with Crippen molar-refractivity contribution in [2.24, 2.45) is 0 Å². The van der Waals surface area contributed by atoms with Gasteiger partial charge in [-0.15, -0.1) is 0 Å². The number of nitrogens with zero attached hydrogens (tertiary/aromatic N) is 2. The van der Waals surface area contributed by atoms with Crippen molar-refractivity contribution in [3.63, 3.8) is 0 Å². The maximum atomic E-state index is 11.7. The second-order valence-corrected chi connectivity index (χ2v) is 4.06. The van der Waals surface area contributed by atoms with E-state index in [1.807, 2.05) is 43.3 Å². The summed E-state index contributed by atoms with van der Waals surface area (Å²) in [6.45, 7) is 5.36. The standard InChI is InChI=1S/C13H18N2O/c1-10(2)13(16)15(5)12-8-6-11(7-9-12)14(3)4/h6-9H,1H2,2-5H3. The van der Waals surface area contributed by atoms with Gasteiger partial charge in [0.25, 0.3) is 5.91 Å². The maximum Gasteiger partial charge on any atom is 0.253 e. The van der Waals surface area contributed by atoms with Crippen LogP contribution in [0.3, 0.4) is 0 Å². The van der Waals surface area contributed by atoms with E-state index in [1.54, 1.807) is 18.9 Å². The van der Waals surface area contributed by atoms with Crippen molar-refractivity contribution in [1.82, 2.24) is 0 Å². The number of amides is 1. The number of anilines is 2. The molecular weight excluding hydrogens is 200 g/mol. The van der Waals surface area contributed by atoms with Crippen LogP contribution in [0.25, 0.3) is 0 Å². The van der Waals surface area contributed by atoms with Gasteiger partial charge in [-0.05, 0) is 31.2 Å². The lowest BCUT2D eigenvalue weighted by atomic mass is 10.2. The maximum absolute atomic E-state index is 11.7. The van der Waals surface area contributed by atoms with Gasteiger partial charge in [0.15, 0.2) is 0 Å². The van der Waals surface area contributed by atoms with Gasteiger partial charge in [-0.1, -0.05) is 6.58 Å². The van der Waals surface area contributed by atoms with E-state index in [4.69, 9.17) is 0 Å². The number of carbonyl (C=O) groups is 1. The molecule has 0 aliphatic rings. The summed E-state index contributed by atoms with van der Waals surface area (Å²) < 4.78 is 0. The molecular formula is C13H18N2O. The van der Waals surface area contributed by atoms with Crippen LogP contribution in [0.15, 0.2) is 36.4 Å². The van der Waals surface area contributed by atoms with E-state index in [1.165, 1.54) is 0 Å². The lowest BCUT2D eigenvalue weighted by molar-refractivity contribution is -0.114. The van der Waals surface area contributed by atoms with Crippen LogP contribution in [0.2, 0.25) is 0 Å². The van der Waals surface area contributed by atoms with Gasteiger partial charge in [0.1, 0.15) is 0 Å². The summed E-state index contributed by atoms with van der Waals surface area (Å²) in [5.74, 6) is -0.0578. The molecule has 1 aromatic carbocycles. The molecule has 0 spiro atoms. The van der Waals surface area contributed by atoms with Crippen molar-refractivity contribution in [3.05, 3.63) is 36.4 Å². The minimum Gasteiger partial charge on any atom is -0.378 e. The third-order valence-corrected chi connectivity index (χ3v) is 2.42. The zero-order chi connectivity index (χ0) is 12.3. The fraction of sp³-hybridized carbons (Fsp3) is 0.308. The lowest BCUT2D eigenvalue weighted by Crippen LogP contribution is -2.26. The molecule has 3 heteroatoms. The lowest BCUT2D eigenvalue weighted by Gasteiger charge is -2.19. The van der Waals surface area contributed by atoms with Crippen molar-refractivity contribution < 1.29 is 4.79 Å². The quantitative estimate of drug-likeness (QED) is 0.727. The highest BCUT2D eigenvalue weighted by atomic mass is 16.2. The molecule has 0 N–H and O–H groups in total. The SMILES string of the molecule is C=C(C)C(=O)N(C)c1ccc(N(C)C)cc1. The Morgan fingerprint density at radius 2 is 1.50 bits per heavy atom. The molecule has 0 aromatic heterocycles. The Kier molecular flexibility index (Phi) is 3.72. The van der Waals surface area contributed by atoms with Gasteiger partial charge in [-0.2, -0.15) is 0 Å². The van der Waals surface area contributed by atoms with Crippen molar-refractivity contribution in [2.45, 2.75) is 6.92 Å². The molecule has 0 saturated heterocycles. The van der Waals surface area contributed by atoms with E-state index in [0.29, 0.717) is 5.57 Å². The highest BCUT2D eigenvalue weighted by Gasteiger charge is 2.10. The van der Waals surface area contributed by atoms with Crippen LogP contribution in [-0.2, 0) is 4.79 Å². The summed E-state index contributed by atoms with van der Waals surface area (Å²) in [4.78, 5) is 15.3. The normalized spacial score (nSPS) is 9.75. The second-order valence-electron chi connectivity index (χ2n) is 4.06. The zero-order valence-electron chi connectivity index (χ0n) is 10.3. The fourth-order valence-electron chi connectivity index (χ4n) is 1.38. The molecule has 1 aromatic rings. The summed E-state index contributed by atoms with van der Waals surface area (Å²) in [5.41, 5.74) is 2.53. The second kappa shape index (κ2) is 4.84. The third-order valence-electron chi connectivity index (χ3n) is 2.42. The number of carbonyl (C=O) groups excluding carboxylic acids is 1. The molecule has 0 unspecified atom stereocenters. The minimum atomic E-state index is -0.0578. The highest BCUT2D eigenvalue weighted by molar-refractivity contribution is 6.04. The van der Waals surface area contributed by atoms with Gasteiger partial charge < -0.3 is 9.80 Å². The predicted octanol–water partition coefficient (Wildman–Crippen LogP) is 2.29. The van der Waals surface area contributed by atoms with E-state index < -0.39 is 0 Å². The molecule has 0 bridgehead atoms. The van der Waals surface area contributed by atoms with Gasteiger partial charge in [0.05, 0.1) is 0 Å². The Labute approximate surface area is 97.0 Å². The van der Waals surface area contributed by atoms with E-state index >= 15 is 0 Å². The Morgan fingerprint density at radius 3 is 1.88 bits per heavy atom. The Balaban J connectivity index is 2.89. The van der Waals surface area contributed by atoms with Crippen LogP contribution in [0.5, 0.6) is 0 Å². The first kappa shape index (κ1) is 12.3. The van der Waals surface area contributed by atoms with Crippen LogP contribution in [-0.4, -0.2) is 27.1 Å². The monoisotopic (exact) mass is 218 g/mol. The molecule has 0 atom stereocenters. The topological polar surface area (TPSA) is 23.6 Å². The molecule has 3 nitrogen and oxygen atoms in total. The van der Waals surface area contributed by atoms with Gasteiger partial charge >= 0.3 is 0 Å². The molecule has 0 saturated carbocycles. The van der Waals surface area contributed by atoms with Crippen molar-refractivity contribution >= 4 is 17.3 Å². The molecule has 16 heavy (non-hydrogen) atoms. The Morgan fingerprint density at radius 1 is 1.06 bits per heavy atom. The van der Waals surface area contributed by atoms with Gasteiger partial charge in [0.2, 0.25) is 0 Å². The molecule has 0 radical (unpaired) electrons. The first-order chi connectivity index (χ1) is 7.43. The summed E-state index contributed by atoms with van der Waals surface area (Å²) in [5, 5.41) is 0. The molecule has 86 valence electrons. The molecule has 0 aliphatic carbocycles. The first-order valence-corrected chi connectivity index (χ1v) is 5.14. The van der Waals surface area contributed by atoms with Gasteiger partial charge in [-0.25, -0.2) is 0 Å². The van der Waals surface area contributed by atoms with Crippen LogP contribution in [0.4, 0.5) is 11.4 Å². The number of benzene rings is 1. The molecule has 0 fully saturated rings. The number of rotatable bonds is 3. The number of likely N-dealkylation sites (N-methyl/N-ethyl adjacent to an activating group) is 1. The molecule has 0 aliphatic heterocycles. The summed E-state index contributed by atoms with van der Waals surface area (Å²) >= 11 is 0. The van der Waals surface area contributed by atoms with Gasteiger partial charge in [-0.3, -0.25) is 4.79 Å². The van der Waals surface area contributed by atoms with Gasteiger partial charge in [0, 0.05) is 38.1 Å². The van der Waals surface area contributed by atoms with Crippen molar-refractivity contribution in [2.75, 3.05) is 30.9 Å². The Bertz CT molecular complexity index is 393. The van der Waals surface area contributed by atoms with Crippen molar-refractivity contribution in [3.8, 4) is 0 Å². The van der Waals surface area contributed by atoms with Crippen LogP contribution in [0, 0.1) is 0 Å². The first-order valence-electron chi connectivity index (χ1n) is 5.14. The van der Waals surface area contributed by atoms with Crippen molar-refractivity contribution in [1.29, 1.82) is 0 Å². The minimum absolute atomic E-state index is 0.0578. The van der Waals surface area contributed by atoms with Crippen LogP contribution >= 0.6 is 0 Å². The van der Waals surface area contributed by atoms with E-state index in [-0.39, 0.29) is 5.91 Å². The predicted molar refractivity (Wildman–Crippen MR) is 69.0 cm³/mol. The molecule has 1 rings (SSSR count). The van der Waals surface area contributed by atoms with Crippen LogP contribution < -0.4 is 9.80 Å². The average Bonchev–Trinajstić information content (AvgIpc) is 2.27.